The normalized spacial score (nSPS) is 14.0. The van der Waals surface area contributed by atoms with Gasteiger partial charge in [-0.1, -0.05) is 42.5 Å². The predicted octanol–water partition coefficient (Wildman–Crippen LogP) is 2.71. The highest BCUT2D eigenvalue weighted by molar-refractivity contribution is 5.89. The van der Waals surface area contributed by atoms with Crippen molar-refractivity contribution in [2.75, 3.05) is 44.7 Å². The van der Waals surface area contributed by atoms with E-state index in [4.69, 9.17) is 24.9 Å². The van der Waals surface area contributed by atoms with Gasteiger partial charge in [-0.05, 0) is 24.7 Å². The Hall–Kier alpha value is -3.98. The Morgan fingerprint density at radius 1 is 0.912 bits per heavy atom. The Labute approximate surface area is 197 Å². The molecule has 1 fully saturated rings. The number of benzene rings is 2. The number of hydrogen-bond acceptors (Lipinski definition) is 7. The van der Waals surface area contributed by atoms with E-state index in [-0.39, 0.29) is 0 Å². The third-order valence-electron chi connectivity index (χ3n) is 5.18. The maximum atomic E-state index is 9.55. The summed E-state index contributed by atoms with van der Waals surface area (Å²) in [6.07, 6.45) is 1.98. The van der Waals surface area contributed by atoms with E-state index >= 15 is 0 Å². The lowest BCUT2D eigenvalue weighted by Gasteiger charge is -2.32. The molecule has 1 aliphatic rings. The molecule has 3 aromatic rings. The summed E-state index contributed by atoms with van der Waals surface area (Å²) in [5, 5.41) is 16.6. The van der Waals surface area contributed by atoms with Crippen molar-refractivity contribution in [3.8, 4) is 5.88 Å². The molecule has 34 heavy (non-hydrogen) atoms. The number of carbonyl (C=O) groups is 2. The highest BCUT2D eigenvalue weighted by Crippen LogP contribution is 2.26. The second-order valence-electron chi connectivity index (χ2n) is 7.73. The molecule has 0 spiro atoms. The van der Waals surface area contributed by atoms with Crippen molar-refractivity contribution >= 4 is 28.8 Å². The SMILES string of the molecule is CN1CCN(c2nc(OCCc3ccccc3)c3ccccc3n2)CC1.O=C(O)/C=C/C(=O)O. The number of para-hydroxylation sites is 1. The standard InChI is InChI=1S/C21H24N4O.C4H4O4/c1-24-12-14-25(15-13-24)21-22-19-10-6-5-9-18(19)20(23-21)26-16-11-17-7-3-2-4-8-17;5-3(6)1-2-4(7)8/h2-10H,11-16H2,1H3;1-2H,(H,5,6)(H,7,8)/b;2-1+. The molecule has 9 heteroatoms. The van der Waals surface area contributed by atoms with Crippen LogP contribution in [0.5, 0.6) is 5.88 Å². The first kappa shape index (κ1) is 24.7. The van der Waals surface area contributed by atoms with Gasteiger partial charge < -0.3 is 24.7 Å². The Balaban J connectivity index is 0.000000350. The molecule has 4 rings (SSSR count). The minimum Gasteiger partial charge on any atom is -0.478 e. The minimum absolute atomic E-state index is 0.558. The van der Waals surface area contributed by atoms with Crippen LogP contribution in [0.4, 0.5) is 5.95 Å². The molecule has 1 aliphatic heterocycles. The Kier molecular flexibility index (Phi) is 8.93. The zero-order valence-electron chi connectivity index (χ0n) is 19.0. The van der Waals surface area contributed by atoms with Gasteiger partial charge in [0.2, 0.25) is 11.8 Å². The Bertz CT molecular complexity index is 1110. The van der Waals surface area contributed by atoms with Gasteiger partial charge in [-0.25, -0.2) is 14.6 Å². The average molecular weight is 465 g/mol. The number of aliphatic carboxylic acids is 2. The lowest BCUT2D eigenvalue weighted by atomic mass is 10.2. The number of anilines is 1. The summed E-state index contributed by atoms with van der Waals surface area (Å²) in [5.41, 5.74) is 2.20. The van der Waals surface area contributed by atoms with Gasteiger partial charge in [-0.2, -0.15) is 4.98 Å². The van der Waals surface area contributed by atoms with Crippen molar-refractivity contribution in [2.45, 2.75) is 6.42 Å². The monoisotopic (exact) mass is 464 g/mol. The summed E-state index contributed by atoms with van der Waals surface area (Å²) in [7, 11) is 2.15. The topological polar surface area (TPSA) is 116 Å². The van der Waals surface area contributed by atoms with Crippen molar-refractivity contribution in [1.29, 1.82) is 0 Å². The Morgan fingerprint density at radius 2 is 1.53 bits per heavy atom. The highest BCUT2D eigenvalue weighted by atomic mass is 16.5. The van der Waals surface area contributed by atoms with Crippen LogP contribution in [0.15, 0.2) is 66.7 Å². The predicted molar refractivity (Wildman–Crippen MR) is 129 cm³/mol. The van der Waals surface area contributed by atoms with Crippen LogP contribution < -0.4 is 9.64 Å². The maximum Gasteiger partial charge on any atom is 0.328 e. The van der Waals surface area contributed by atoms with E-state index in [2.05, 4.69) is 41.1 Å². The number of piperazine rings is 1. The fourth-order valence-corrected chi connectivity index (χ4v) is 3.35. The third-order valence-corrected chi connectivity index (χ3v) is 5.18. The van der Waals surface area contributed by atoms with Gasteiger partial charge in [0.05, 0.1) is 17.5 Å². The van der Waals surface area contributed by atoms with Gasteiger partial charge >= 0.3 is 11.9 Å². The summed E-state index contributed by atoms with van der Waals surface area (Å²) < 4.78 is 6.09. The number of ether oxygens (including phenoxy) is 1. The molecule has 2 aromatic carbocycles. The summed E-state index contributed by atoms with van der Waals surface area (Å²) in [5.74, 6) is -1.06. The van der Waals surface area contributed by atoms with Crippen molar-refractivity contribution in [1.82, 2.24) is 14.9 Å². The first-order valence-corrected chi connectivity index (χ1v) is 10.9. The van der Waals surface area contributed by atoms with Crippen LogP contribution in [0.2, 0.25) is 0 Å². The van der Waals surface area contributed by atoms with Crippen molar-refractivity contribution in [3.63, 3.8) is 0 Å². The molecule has 9 nitrogen and oxygen atoms in total. The van der Waals surface area contributed by atoms with E-state index in [0.717, 1.165) is 49.5 Å². The van der Waals surface area contributed by atoms with Gasteiger partial charge in [0, 0.05) is 44.8 Å². The number of likely N-dealkylation sites (N-methyl/N-ethyl adjacent to an activating group) is 1. The van der Waals surface area contributed by atoms with Crippen LogP contribution in [-0.2, 0) is 16.0 Å². The van der Waals surface area contributed by atoms with E-state index in [1.54, 1.807) is 0 Å². The highest BCUT2D eigenvalue weighted by Gasteiger charge is 2.18. The van der Waals surface area contributed by atoms with Gasteiger partial charge in [-0.3, -0.25) is 0 Å². The lowest BCUT2D eigenvalue weighted by molar-refractivity contribution is -0.134. The molecule has 0 bridgehead atoms. The molecule has 178 valence electrons. The number of aromatic nitrogens is 2. The van der Waals surface area contributed by atoms with Crippen LogP contribution in [0.1, 0.15) is 5.56 Å². The molecule has 1 saturated heterocycles. The van der Waals surface area contributed by atoms with Crippen molar-refractivity contribution in [2.24, 2.45) is 0 Å². The largest absolute Gasteiger partial charge is 0.478 e. The number of fused-ring (bicyclic) bond motifs is 1. The number of rotatable bonds is 7. The number of carboxylic acids is 2. The first-order valence-electron chi connectivity index (χ1n) is 10.9. The second kappa shape index (κ2) is 12.3. The van der Waals surface area contributed by atoms with Gasteiger partial charge in [0.1, 0.15) is 0 Å². The van der Waals surface area contributed by atoms with Crippen LogP contribution >= 0.6 is 0 Å². The fourth-order valence-electron chi connectivity index (χ4n) is 3.35. The third kappa shape index (κ3) is 7.56. The van der Waals surface area contributed by atoms with Crippen LogP contribution in [0.25, 0.3) is 10.9 Å². The summed E-state index contributed by atoms with van der Waals surface area (Å²) in [4.78, 5) is 33.2. The molecular formula is C25H28N4O5. The summed E-state index contributed by atoms with van der Waals surface area (Å²) in [6.45, 7) is 4.55. The van der Waals surface area contributed by atoms with Gasteiger partial charge in [0.25, 0.3) is 0 Å². The molecule has 2 heterocycles. The van der Waals surface area contributed by atoms with Crippen molar-refractivity contribution in [3.05, 3.63) is 72.3 Å². The molecular weight excluding hydrogens is 436 g/mol. The lowest BCUT2D eigenvalue weighted by Crippen LogP contribution is -2.45. The molecule has 0 unspecified atom stereocenters. The first-order chi connectivity index (χ1) is 16.4. The number of nitrogens with zero attached hydrogens (tertiary/aromatic N) is 4. The summed E-state index contributed by atoms with van der Waals surface area (Å²) >= 11 is 0. The van der Waals surface area contributed by atoms with Crippen LogP contribution in [0.3, 0.4) is 0 Å². The van der Waals surface area contributed by atoms with Crippen molar-refractivity contribution < 1.29 is 24.5 Å². The molecule has 2 N–H and O–H groups in total. The van der Waals surface area contributed by atoms with Gasteiger partial charge in [0.15, 0.2) is 0 Å². The number of hydrogen-bond donors (Lipinski definition) is 2. The van der Waals surface area contributed by atoms with Crippen LogP contribution in [0, 0.1) is 0 Å². The number of carboxylic acid groups (broad SMARTS) is 2. The smallest absolute Gasteiger partial charge is 0.328 e. The zero-order valence-corrected chi connectivity index (χ0v) is 19.0. The molecule has 0 atom stereocenters. The maximum absolute atomic E-state index is 9.55. The fraction of sp³-hybridized carbons (Fsp3) is 0.280. The van der Waals surface area contributed by atoms with E-state index in [1.807, 2.05) is 30.3 Å². The van der Waals surface area contributed by atoms with Crippen LogP contribution in [-0.4, -0.2) is 76.9 Å². The minimum atomic E-state index is -1.26. The van der Waals surface area contributed by atoms with E-state index in [0.29, 0.717) is 24.6 Å². The average Bonchev–Trinajstić information content (AvgIpc) is 2.84. The molecule has 0 radical (unpaired) electrons. The van der Waals surface area contributed by atoms with E-state index in [9.17, 15) is 9.59 Å². The summed E-state index contributed by atoms with van der Waals surface area (Å²) in [6, 6.07) is 18.5. The molecule has 1 aromatic heterocycles. The van der Waals surface area contributed by atoms with E-state index < -0.39 is 11.9 Å². The van der Waals surface area contributed by atoms with Gasteiger partial charge in [-0.15, -0.1) is 0 Å². The molecule has 0 amide bonds. The quantitative estimate of drug-likeness (QED) is 0.509. The zero-order chi connectivity index (χ0) is 24.3. The Morgan fingerprint density at radius 3 is 2.18 bits per heavy atom. The van der Waals surface area contributed by atoms with E-state index in [1.165, 1.54) is 5.56 Å². The molecule has 0 saturated carbocycles. The second-order valence-corrected chi connectivity index (χ2v) is 7.73. The molecule has 0 aliphatic carbocycles.